The van der Waals surface area contributed by atoms with Crippen LogP contribution >= 0.6 is 0 Å². The molecule has 0 spiro atoms. The Morgan fingerprint density at radius 3 is 1.03 bits per heavy atom. The van der Waals surface area contributed by atoms with Crippen LogP contribution in [0.3, 0.4) is 0 Å². The molecule has 2 aliphatic rings. The summed E-state index contributed by atoms with van der Waals surface area (Å²) in [6, 6.07) is -0.938. The third-order valence-corrected chi connectivity index (χ3v) is 20.1. The third kappa shape index (κ3) is 48.6. The van der Waals surface area contributed by atoms with Gasteiger partial charge in [0, 0.05) is 6.42 Å². The zero-order valence-electron chi connectivity index (χ0n) is 61.4. The molecule has 95 heavy (non-hydrogen) atoms. The highest BCUT2D eigenvalue weighted by Gasteiger charge is 2.51. The van der Waals surface area contributed by atoms with Crippen LogP contribution in [0.2, 0.25) is 0 Å². The first-order valence-electron chi connectivity index (χ1n) is 40.7. The van der Waals surface area contributed by atoms with Crippen LogP contribution in [0, 0.1) is 0 Å². The molecule has 0 aliphatic carbocycles. The Bertz CT molecular complexity index is 1730. The van der Waals surface area contributed by atoms with Crippen LogP contribution < -0.4 is 5.32 Å². The Labute approximate surface area is 582 Å². The van der Waals surface area contributed by atoms with Crippen LogP contribution in [-0.4, -0.2) is 140 Å². The minimum absolute atomic E-state index is 0.245. The molecule has 2 aliphatic heterocycles. The monoisotopic (exact) mass is 1350 g/mol. The third-order valence-electron chi connectivity index (χ3n) is 20.1. The number of rotatable bonds is 69. The highest BCUT2D eigenvalue weighted by molar-refractivity contribution is 5.76. The first kappa shape index (κ1) is 89.3. The fraction of sp³-hybridized carbons (Fsp3) is 0.914. The highest BCUT2D eigenvalue weighted by Crippen LogP contribution is 2.30. The Balaban J connectivity index is 1.62. The number of ether oxygens (including phenoxy) is 4. The number of aliphatic hydroxyl groups excluding tert-OH is 8. The maximum absolute atomic E-state index is 13.4. The molecule has 9 N–H and O–H groups in total. The van der Waals surface area contributed by atoms with Crippen molar-refractivity contribution in [2.24, 2.45) is 0 Å². The van der Waals surface area contributed by atoms with Gasteiger partial charge in [0.2, 0.25) is 5.91 Å². The Morgan fingerprint density at radius 2 is 0.674 bits per heavy atom. The van der Waals surface area contributed by atoms with E-state index in [0.717, 1.165) is 44.9 Å². The van der Waals surface area contributed by atoms with Gasteiger partial charge in [-0.3, -0.25) is 4.79 Å². The van der Waals surface area contributed by atoms with Gasteiger partial charge in [0.15, 0.2) is 12.6 Å². The van der Waals surface area contributed by atoms with Crippen molar-refractivity contribution in [2.45, 2.75) is 453 Å². The molecular weight excluding hydrogens is 1190 g/mol. The molecule has 14 heteroatoms. The van der Waals surface area contributed by atoms with Gasteiger partial charge in [0.25, 0.3) is 0 Å². The van der Waals surface area contributed by atoms with Crippen molar-refractivity contribution in [1.29, 1.82) is 0 Å². The van der Waals surface area contributed by atoms with Crippen molar-refractivity contribution in [2.75, 3.05) is 19.8 Å². The molecule has 0 radical (unpaired) electrons. The largest absolute Gasteiger partial charge is 0.394 e. The molecule has 1 amide bonds. The van der Waals surface area contributed by atoms with Crippen molar-refractivity contribution >= 4 is 5.91 Å². The fourth-order valence-electron chi connectivity index (χ4n) is 13.6. The van der Waals surface area contributed by atoms with Gasteiger partial charge in [-0.15, -0.1) is 0 Å². The number of unbranched alkanes of at least 4 members (excludes halogenated alkanes) is 52. The molecule has 2 fully saturated rings. The lowest BCUT2D eigenvalue weighted by atomic mass is 9.97. The van der Waals surface area contributed by atoms with Crippen LogP contribution in [0.25, 0.3) is 0 Å². The van der Waals surface area contributed by atoms with Gasteiger partial charge in [-0.2, -0.15) is 0 Å². The Morgan fingerprint density at radius 1 is 0.368 bits per heavy atom. The van der Waals surface area contributed by atoms with E-state index in [1.807, 2.05) is 6.08 Å². The van der Waals surface area contributed by atoms with Gasteiger partial charge >= 0.3 is 0 Å². The van der Waals surface area contributed by atoms with Gasteiger partial charge in [-0.25, -0.2) is 0 Å². The second-order valence-corrected chi connectivity index (χ2v) is 28.9. The number of allylic oxidation sites excluding steroid dienone is 5. The van der Waals surface area contributed by atoms with Crippen LogP contribution in [-0.2, 0) is 23.7 Å². The summed E-state index contributed by atoms with van der Waals surface area (Å²) < 4.78 is 22.9. The van der Waals surface area contributed by atoms with Crippen molar-refractivity contribution in [3.8, 4) is 0 Å². The lowest BCUT2D eigenvalue weighted by Crippen LogP contribution is -2.65. The molecule has 0 bridgehead atoms. The zero-order chi connectivity index (χ0) is 68.7. The topological polar surface area (TPSA) is 228 Å². The van der Waals surface area contributed by atoms with Crippen LogP contribution in [0.4, 0.5) is 0 Å². The number of amides is 1. The molecule has 0 aromatic carbocycles. The van der Waals surface area contributed by atoms with E-state index in [2.05, 4.69) is 43.5 Å². The molecule has 0 aromatic rings. The van der Waals surface area contributed by atoms with Crippen molar-refractivity contribution in [3.63, 3.8) is 0 Å². The van der Waals surface area contributed by atoms with E-state index in [4.69, 9.17) is 18.9 Å². The normalized spacial score (nSPS) is 22.5. The second-order valence-electron chi connectivity index (χ2n) is 28.9. The van der Waals surface area contributed by atoms with Crippen molar-refractivity contribution in [1.82, 2.24) is 5.32 Å². The van der Waals surface area contributed by atoms with Crippen LogP contribution in [0.15, 0.2) is 36.5 Å². The number of nitrogens with one attached hydrogen (secondary N) is 1. The summed E-state index contributed by atoms with van der Waals surface area (Å²) in [4.78, 5) is 13.4. The molecule has 560 valence electrons. The first-order valence-corrected chi connectivity index (χ1v) is 40.7. The van der Waals surface area contributed by atoms with E-state index in [1.54, 1.807) is 6.08 Å². The molecule has 2 rings (SSSR count). The van der Waals surface area contributed by atoms with E-state index in [1.165, 1.54) is 302 Å². The smallest absolute Gasteiger partial charge is 0.220 e. The average molecular weight is 1350 g/mol. The number of hydrogen-bond donors (Lipinski definition) is 9. The molecule has 2 heterocycles. The summed E-state index contributed by atoms with van der Waals surface area (Å²) in [6.07, 6.45) is 69.6. The minimum atomic E-state index is -1.79. The van der Waals surface area contributed by atoms with E-state index < -0.39 is 86.8 Å². The molecule has 0 aromatic heterocycles. The van der Waals surface area contributed by atoms with E-state index in [0.29, 0.717) is 12.8 Å². The van der Waals surface area contributed by atoms with Gasteiger partial charge in [0.05, 0.1) is 32.0 Å². The Kier molecular flexibility index (Phi) is 61.6. The highest BCUT2D eigenvalue weighted by atomic mass is 16.7. The zero-order valence-corrected chi connectivity index (χ0v) is 61.4. The molecule has 14 nitrogen and oxygen atoms in total. The second kappa shape index (κ2) is 65.5. The summed E-state index contributed by atoms with van der Waals surface area (Å²) in [5.41, 5.74) is 0. The minimum Gasteiger partial charge on any atom is -0.394 e. The lowest BCUT2D eigenvalue weighted by molar-refractivity contribution is -0.359. The average Bonchev–Trinajstić information content (AvgIpc) is 0.807. The molecule has 0 saturated carbocycles. The van der Waals surface area contributed by atoms with Gasteiger partial charge < -0.3 is 65.1 Å². The van der Waals surface area contributed by atoms with Crippen molar-refractivity contribution in [3.05, 3.63) is 36.5 Å². The van der Waals surface area contributed by atoms with Gasteiger partial charge in [-0.1, -0.05) is 365 Å². The fourth-order valence-corrected chi connectivity index (χ4v) is 13.6. The predicted molar refractivity (Wildman–Crippen MR) is 392 cm³/mol. The summed E-state index contributed by atoms with van der Waals surface area (Å²) in [5, 5.41) is 87.6. The Hall–Kier alpha value is -1.79. The molecule has 2 saturated heterocycles. The quantitative estimate of drug-likeness (QED) is 0.0204. The SMILES string of the molecule is CCCCCCCCCCCCCCCCCCCC/C=C/CC/C=C/CC/C=C/C(O)C(COC1OC(CO)C(OC2OC(CO)C(O)C(O)C2O)C(O)C1O)NC(=O)CCCCCCCCCCCCCCCCCCCCCCCCCCCCCCCCCCC. The van der Waals surface area contributed by atoms with E-state index in [9.17, 15) is 45.6 Å². The number of hydrogen-bond acceptors (Lipinski definition) is 13. The predicted octanol–water partition coefficient (Wildman–Crippen LogP) is 18.4. The summed E-state index contributed by atoms with van der Waals surface area (Å²) in [5.74, 6) is -0.245. The summed E-state index contributed by atoms with van der Waals surface area (Å²) in [6.45, 7) is 2.85. The number of carbonyl (C=O) groups is 1. The summed E-state index contributed by atoms with van der Waals surface area (Å²) in [7, 11) is 0. The van der Waals surface area contributed by atoms with Crippen LogP contribution in [0.1, 0.15) is 380 Å². The first-order chi connectivity index (χ1) is 46.6. The maximum atomic E-state index is 13.4. The van der Waals surface area contributed by atoms with Gasteiger partial charge in [0.1, 0.15) is 48.8 Å². The van der Waals surface area contributed by atoms with Crippen molar-refractivity contribution < 1.29 is 64.6 Å². The molecular formula is C81H153NO13. The number of aliphatic hydroxyl groups is 8. The van der Waals surface area contributed by atoms with Gasteiger partial charge in [-0.05, 0) is 44.9 Å². The maximum Gasteiger partial charge on any atom is 0.220 e. The lowest BCUT2D eigenvalue weighted by Gasteiger charge is -2.46. The van der Waals surface area contributed by atoms with Crippen LogP contribution in [0.5, 0.6) is 0 Å². The number of carbonyl (C=O) groups excluding carboxylic acids is 1. The van der Waals surface area contributed by atoms with E-state index >= 15 is 0 Å². The van der Waals surface area contributed by atoms with E-state index in [-0.39, 0.29) is 18.9 Å². The molecule has 12 unspecified atom stereocenters. The summed E-state index contributed by atoms with van der Waals surface area (Å²) >= 11 is 0. The standard InChI is InChI=1S/C81H153NO13/c1-3-5-7-9-11-13-15-17-19-21-23-25-27-29-31-33-34-35-36-37-39-41-43-45-47-49-51-53-55-57-59-61-63-65-73(86)82-69(68-92-80-78(91)76(89)79(72(67-84)94-80)95-81-77(90)75(88)74(87)71(66-83)93-81)70(85)64-62-60-58-56-54-52-50-48-46-44-42-40-38-32-30-28-26-24-22-20-18-16-14-12-10-8-6-4-2/h46,48,54,56,62,64,69-72,74-81,83-85,87-91H,3-45,47,49-53,55,57-61,63,65-68H2,1-2H3,(H,82,86)/b48-46+,56-54+,64-62+. The molecule has 12 atom stereocenters.